The average Bonchev–Trinajstić information content (AvgIpc) is 3.38. The first kappa shape index (κ1) is 15.0. The molecule has 0 aromatic heterocycles. The minimum atomic E-state index is -0.178. The van der Waals surface area contributed by atoms with E-state index in [0.717, 1.165) is 24.9 Å². The molecule has 5 heteroatoms. The number of nitrogens with zero attached hydrogens (tertiary/aromatic N) is 1. The van der Waals surface area contributed by atoms with Crippen LogP contribution < -0.4 is 15.8 Å². The standard InChI is InChI=1S/C19H21N3O2/c20-17-3-1-2-4-18(17)21-19(23)13-5-9-15(10-6-13)24-16-11-22(12-16)14-7-8-14/h1-6,9-10,14,16H,7-8,11-12,20H2,(H,21,23). The number of hydrogen-bond acceptors (Lipinski definition) is 4. The van der Waals surface area contributed by atoms with Crippen molar-refractivity contribution in [1.29, 1.82) is 0 Å². The molecule has 2 aromatic rings. The van der Waals surface area contributed by atoms with E-state index in [-0.39, 0.29) is 12.0 Å². The summed E-state index contributed by atoms with van der Waals surface area (Å²) in [6.07, 6.45) is 2.94. The number of nitrogens with one attached hydrogen (secondary N) is 1. The van der Waals surface area contributed by atoms with Crippen molar-refractivity contribution < 1.29 is 9.53 Å². The van der Waals surface area contributed by atoms with E-state index in [0.29, 0.717) is 16.9 Å². The molecule has 4 rings (SSSR count). The maximum absolute atomic E-state index is 12.3. The number of benzene rings is 2. The van der Waals surface area contributed by atoms with Crippen LogP contribution in [0.5, 0.6) is 5.75 Å². The van der Waals surface area contributed by atoms with E-state index >= 15 is 0 Å². The third kappa shape index (κ3) is 3.21. The zero-order valence-corrected chi connectivity index (χ0v) is 13.4. The van der Waals surface area contributed by atoms with Crippen molar-refractivity contribution in [3.05, 3.63) is 54.1 Å². The fourth-order valence-electron chi connectivity index (χ4n) is 2.96. The van der Waals surface area contributed by atoms with Gasteiger partial charge in [0.2, 0.25) is 0 Å². The number of para-hydroxylation sites is 2. The van der Waals surface area contributed by atoms with Crippen molar-refractivity contribution in [1.82, 2.24) is 4.90 Å². The van der Waals surface area contributed by atoms with Crippen LogP contribution in [0.15, 0.2) is 48.5 Å². The lowest BCUT2D eigenvalue weighted by atomic mass is 10.1. The maximum Gasteiger partial charge on any atom is 0.255 e. The van der Waals surface area contributed by atoms with E-state index in [1.54, 1.807) is 24.3 Å². The number of ether oxygens (including phenoxy) is 1. The highest BCUT2D eigenvalue weighted by atomic mass is 16.5. The van der Waals surface area contributed by atoms with Gasteiger partial charge >= 0.3 is 0 Å². The SMILES string of the molecule is Nc1ccccc1NC(=O)c1ccc(OC2CN(C3CC3)C2)cc1. The Morgan fingerprint density at radius 1 is 1.08 bits per heavy atom. The van der Waals surface area contributed by atoms with Crippen molar-refractivity contribution in [2.24, 2.45) is 0 Å². The summed E-state index contributed by atoms with van der Waals surface area (Å²) in [6, 6.07) is 15.3. The monoisotopic (exact) mass is 323 g/mol. The average molecular weight is 323 g/mol. The molecule has 2 aliphatic rings. The summed E-state index contributed by atoms with van der Waals surface area (Å²) < 4.78 is 5.94. The first-order chi connectivity index (χ1) is 11.7. The number of nitrogen functional groups attached to an aromatic ring is 1. The predicted octanol–water partition coefficient (Wildman–Crippen LogP) is 2.75. The highest BCUT2D eigenvalue weighted by molar-refractivity contribution is 6.05. The van der Waals surface area contributed by atoms with Crippen LogP contribution in [-0.4, -0.2) is 36.0 Å². The number of amides is 1. The molecule has 2 fully saturated rings. The van der Waals surface area contributed by atoms with Gasteiger partial charge in [0, 0.05) is 24.7 Å². The van der Waals surface area contributed by atoms with Gasteiger partial charge in [0.15, 0.2) is 0 Å². The van der Waals surface area contributed by atoms with E-state index in [4.69, 9.17) is 10.5 Å². The Bertz CT molecular complexity index is 735. The van der Waals surface area contributed by atoms with Gasteiger partial charge in [0.25, 0.3) is 5.91 Å². The molecule has 5 nitrogen and oxygen atoms in total. The zero-order chi connectivity index (χ0) is 16.5. The molecule has 1 saturated carbocycles. The second-order valence-electron chi connectivity index (χ2n) is 6.49. The fraction of sp³-hybridized carbons (Fsp3) is 0.316. The molecule has 0 unspecified atom stereocenters. The van der Waals surface area contributed by atoms with E-state index in [1.165, 1.54) is 12.8 Å². The molecule has 0 spiro atoms. The summed E-state index contributed by atoms with van der Waals surface area (Å²) in [7, 11) is 0. The Morgan fingerprint density at radius 2 is 1.79 bits per heavy atom. The van der Waals surface area contributed by atoms with E-state index in [2.05, 4.69) is 10.2 Å². The molecule has 0 radical (unpaired) electrons. The highest BCUT2D eigenvalue weighted by Gasteiger charge is 2.38. The minimum absolute atomic E-state index is 0.178. The molecule has 124 valence electrons. The third-order valence-corrected chi connectivity index (χ3v) is 4.57. The highest BCUT2D eigenvalue weighted by Crippen LogP contribution is 2.32. The largest absolute Gasteiger partial charge is 0.488 e. The molecule has 1 aliphatic heterocycles. The summed E-state index contributed by atoms with van der Waals surface area (Å²) in [6.45, 7) is 2.03. The molecule has 0 bridgehead atoms. The Kier molecular flexibility index (Phi) is 3.86. The van der Waals surface area contributed by atoms with Gasteiger partial charge in [-0.05, 0) is 49.2 Å². The third-order valence-electron chi connectivity index (χ3n) is 4.57. The summed E-state index contributed by atoms with van der Waals surface area (Å²) in [4.78, 5) is 14.7. The van der Waals surface area contributed by atoms with Crippen LogP contribution in [0.3, 0.4) is 0 Å². The summed E-state index contributed by atoms with van der Waals surface area (Å²) >= 11 is 0. The smallest absolute Gasteiger partial charge is 0.255 e. The summed E-state index contributed by atoms with van der Waals surface area (Å²) in [5.41, 5.74) is 7.60. The van der Waals surface area contributed by atoms with Gasteiger partial charge in [-0.15, -0.1) is 0 Å². The molecular weight excluding hydrogens is 302 g/mol. The molecule has 1 saturated heterocycles. The van der Waals surface area contributed by atoms with Crippen molar-refractivity contribution in [2.75, 3.05) is 24.1 Å². The summed E-state index contributed by atoms with van der Waals surface area (Å²) in [5, 5.41) is 2.82. The Morgan fingerprint density at radius 3 is 2.46 bits per heavy atom. The predicted molar refractivity (Wildman–Crippen MR) is 94.3 cm³/mol. The van der Waals surface area contributed by atoms with Crippen molar-refractivity contribution in [3.63, 3.8) is 0 Å². The fourth-order valence-corrected chi connectivity index (χ4v) is 2.96. The topological polar surface area (TPSA) is 67.6 Å². The van der Waals surface area contributed by atoms with Gasteiger partial charge in [-0.1, -0.05) is 12.1 Å². The quantitative estimate of drug-likeness (QED) is 0.830. The molecule has 3 N–H and O–H groups in total. The number of nitrogens with two attached hydrogens (primary N) is 1. The molecule has 2 aromatic carbocycles. The van der Waals surface area contributed by atoms with Crippen molar-refractivity contribution in [2.45, 2.75) is 25.0 Å². The van der Waals surface area contributed by atoms with Crippen LogP contribution in [0.2, 0.25) is 0 Å². The number of likely N-dealkylation sites (tertiary alicyclic amines) is 1. The van der Waals surface area contributed by atoms with Gasteiger partial charge < -0.3 is 15.8 Å². The lowest BCUT2D eigenvalue weighted by Crippen LogP contribution is -2.54. The minimum Gasteiger partial charge on any atom is -0.488 e. The first-order valence-corrected chi connectivity index (χ1v) is 8.35. The van der Waals surface area contributed by atoms with Crippen molar-refractivity contribution >= 4 is 17.3 Å². The molecular formula is C19H21N3O2. The van der Waals surface area contributed by atoms with Crippen LogP contribution in [0.4, 0.5) is 11.4 Å². The summed E-state index contributed by atoms with van der Waals surface area (Å²) in [5.74, 6) is 0.634. The van der Waals surface area contributed by atoms with Crippen LogP contribution in [0.1, 0.15) is 23.2 Å². The Balaban J connectivity index is 1.33. The molecule has 0 atom stereocenters. The number of carbonyl (C=O) groups is 1. The number of carbonyl (C=O) groups excluding carboxylic acids is 1. The van der Waals surface area contributed by atoms with Gasteiger partial charge in [-0.2, -0.15) is 0 Å². The molecule has 24 heavy (non-hydrogen) atoms. The molecule has 1 aliphatic carbocycles. The van der Waals surface area contributed by atoms with Gasteiger partial charge in [-0.3, -0.25) is 9.69 Å². The van der Waals surface area contributed by atoms with Gasteiger partial charge in [0.1, 0.15) is 11.9 Å². The van der Waals surface area contributed by atoms with E-state index in [1.807, 2.05) is 24.3 Å². The van der Waals surface area contributed by atoms with Gasteiger partial charge in [0.05, 0.1) is 11.4 Å². The lowest BCUT2D eigenvalue weighted by molar-refractivity contribution is 0.0143. The molecule has 1 amide bonds. The normalized spacial score (nSPS) is 18.0. The second kappa shape index (κ2) is 6.17. The number of rotatable bonds is 5. The second-order valence-corrected chi connectivity index (χ2v) is 6.49. The maximum atomic E-state index is 12.3. The molecule has 1 heterocycles. The Labute approximate surface area is 141 Å². The van der Waals surface area contributed by atoms with Gasteiger partial charge in [-0.25, -0.2) is 0 Å². The van der Waals surface area contributed by atoms with Crippen LogP contribution in [-0.2, 0) is 0 Å². The number of hydrogen-bond donors (Lipinski definition) is 2. The number of anilines is 2. The lowest BCUT2D eigenvalue weighted by Gasteiger charge is -2.39. The van der Waals surface area contributed by atoms with Crippen LogP contribution in [0, 0.1) is 0 Å². The van der Waals surface area contributed by atoms with Crippen LogP contribution in [0.25, 0.3) is 0 Å². The zero-order valence-electron chi connectivity index (χ0n) is 13.4. The van der Waals surface area contributed by atoms with Crippen LogP contribution >= 0.6 is 0 Å². The van der Waals surface area contributed by atoms with Crippen molar-refractivity contribution in [3.8, 4) is 5.75 Å². The Hall–Kier alpha value is -2.53. The first-order valence-electron chi connectivity index (χ1n) is 8.35. The van der Waals surface area contributed by atoms with E-state index in [9.17, 15) is 4.79 Å². The van der Waals surface area contributed by atoms with E-state index < -0.39 is 0 Å².